The molecule has 1 fully saturated rings. The van der Waals surface area contributed by atoms with Gasteiger partial charge in [0.2, 0.25) is 5.91 Å². The van der Waals surface area contributed by atoms with Crippen molar-refractivity contribution in [1.29, 1.82) is 0 Å². The van der Waals surface area contributed by atoms with Crippen LogP contribution in [0.15, 0.2) is 48.5 Å². The van der Waals surface area contributed by atoms with E-state index in [0.717, 1.165) is 5.56 Å². The summed E-state index contributed by atoms with van der Waals surface area (Å²) in [7, 11) is 1.51. The van der Waals surface area contributed by atoms with Gasteiger partial charge in [-0.2, -0.15) is 0 Å². The van der Waals surface area contributed by atoms with Gasteiger partial charge < -0.3 is 19.7 Å². The van der Waals surface area contributed by atoms with Crippen molar-refractivity contribution in [2.45, 2.75) is 26.0 Å². The van der Waals surface area contributed by atoms with E-state index in [1.54, 1.807) is 36.4 Å². The van der Waals surface area contributed by atoms with Crippen LogP contribution in [-0.4, -0.2) is 37.5 Å². The quantitative estimate of drug-likeness (QED) is 0.704. The fraction of sp³-hybridized carbons (Fsp3) is 0.318. The number of rotatable bonds is 7. The number of esters is 1. The number of hydrogen-bond acceptors (Lipinski definition) is 5. The zero-order chi connectivity index (χ0) is 21.7. The van der Waals surface area contributed by atoms with Gasteiger partial charge >= 0.3 is 5.97 Å². The molecular formula is C22H23FN2O5. The van der Waals surface area contributed by atoms with E-state index in [1.807, 2.05) is 0 Å². The van der Waals surface area contributed by atoms with Gasteiger partial charge in [0.1, 0.15) is 11.6 Å². The molecule has 3 rings (SSSR count). The zero-order valence-electron chi connectivity index (χ0n) is 16.8. The normalized spacial score (nSPS) is 16.8. The molecule has 0 aliphatic carbocycles. The smallest absolute Gasteiger partial charge is 0.312 e. The Kier molecular flexibility index (Phi) is 6.66. The summed E-state index contributed by atoms with van der Waals surface area (Å²) in [6, 6.07) is 12.8. The van der Waals surface area contributed by atoms with Crippen LogP contribution in [0.25, 0.3) is 0 Å². The number of anilines is 1. The average molecular weight is 414 g/mol. The van der Waals surface area contributed by atoms with Crippen molar-refractivity contribution in [3.8, 4) is 5.75 Å². The lowest BCUT2D eigenvalue weighted by atomic mass is 10.1. The molecule has 1 aliphatic heterocycles. The highest BCUT2D eigenvalue weighted by Crippen LogP contribution is 2.33. The molecule has 30 heavy (non-hydrogen) atoms. The minimum Gasteiger partial charge on any atom is -0.495 e. The van der Waals surface area contributed by atoms with Gasteiger partial charge in [0.25, 0.3) is 5.91 Å². The molecule has 2 aromatic carbocycles. The molecule has 0 radical (unpaired) electrons. The molecule has 0 unspecified atom stereocenters. The van der Waals surface area contributed by atoms with Crippen molar-refractivity contribution in [2.24, 2.45) is 5.92 Å². The molecule has 1 N–H and O–H groups in total. The number of carbonyl (C=O) groups excluding carboxylic acids is 3. The standard InChI is InChI=1S/C22H23FN2O5/c1-14(21(27)24-12-15-7-9-17(23)10-8-15)30-22(28)16-11-20(26)25(13-16)18-5-3-4-6-19(18)29-2/h3-10,14,16H,11-13H2,1-2H3,(H,24,27)/t14-,16-/m0/s1. The number of benzene rings is 2. The molecule has 0 bridgehead atoms. The van der Waals surface area contributed by atoms with Crippen LogP contribution in [0, 0.1) is 11.7 Å². The number of carbonyl (C=O) groups is 3. The van der Waals surface area contributed by atoms with Crippen molar-refractivity contribution < 1.29 is 28.2 Å². The van der Waals surface area contributed by atoms with Crippen LogP contribution in [-0.2, 0) is 25.7 Å². The molecule has 0 spiro atoms. The third-order valence-corrected chi connectivity index (χ3v) is 4.88. The monoisotopic (exact) mass is 414 g/mol. The first-order valence-electron chi connectivity index (χ1n) is 9.55. The van der Waals surface area contributed by atoms with Gasteiger partial charge in [-0.1, -0.05) is 24.3 Å². The summed E-state index contributed by atoms with van der Waals surface area (Å²) in [6.45, 7) is 1.80. The van der Waals surface area contributed by atoms with Crippen LogP contribution < -0.4 is 15.0 Å². The van der Waals surface area contributed by atoms with E-state index in [0.29, 0.717) is 11.4 Å². The summed E-state index contributed by atoms with van der Waals surface area (Å²) in [5.41, 5.74) is 1.31. The molecule has 2 amide bonds. The summed E-state index contributed by atoms with van der Waals surface area (Å²) in [5, 5.41) is 2.64. The second-order valence-electron chi connectivity index (χ2n) is 7.00. The first-order chi connectivity index (χ1) is 14.4. The number of halogens is 1. The summed E-state index contributed by atoms with van der Waals surface area (Å²) in [6.07, 6.45) is -1.02. The van der Waals surface area contributed by atoms with E-state index in [1.165, 1.54) is 31.1 Å². The largest absolute Gasteiger partial charge is 0.495 e. The van der Waals surface area contributed by atoms with Crippen molar-refractivity contribution in [2.75, 3.05) is 18.6 Å². The maximum Gasteiger partial charge on any atom is 0.312 e. The average Bonchev–Trinajstić information content (AvgIpc) is 3.14. The van der Waals surface area contributed by atoms with Crippen molar-refractivity contribution in [1.82, 2.24) is 5.32 Å². The molecule has 1 saturated heterocycles. The molecular weight excluding hydrogens is 391 g/mol. The van der Waals surface area contributed by atoms with Gasteiger partial charge in [0.15, 0.2) is 6.10 Å². The second kappa shape index (κ2) is 9.39. The van der Waals surface area contributed by atoms with E-state index in [9.17, 15) is 18.8 Å². The van der Waals surface area contributed by atoms with Crippen LogP contribution in [0.3, 0.4) is 0 Å². The Hall–Kier alpha value is -3.42. The zero-order valence-corrected chi connectivity index (χ0v) is 16.8. The van der Waals surface area contributed by atoms with E-state index in [2.05, 4.69) is 5.32 Å². The molecule has 2 atom stereocenters. The number of methoxy groups -OCH3 is 1. The number of ether oxygens (including phenoxy) is 2. The summed E-state index contributed by atoms with van der Waals surface area (Å²) in [4.78, 5) is 38.6. The molecule has 0 aromatic heterocycles. The highest BCUT2D eigenvalue weighted by Gasteiger charge is 2.38. The topological polar surface area (TPSA) is 84.9 Å². The van der Waals surface area contributed by atoms with Crippen LogP contribution >= 0.6 is 0 Å². The Morgan fingerprint density at radius 3 is 2.60 bits per heavy atom. The molecule has 158 valence electrons. The van der Waals surface area contributed by atoms with Gasteiger partial charge in [0, 0.05) is 19.5 Å². The third-order valence-electron chi connectivity index (χ3n) is 4.88. The van der Waals surface area contributed by atoms with Crippen molar-refractivity contribution >= 4 is 23.5 Å². The van der Waals surface area contributed by atoms with Crippen LogP contribution in [0.5, 0.6) is 5.75 Å². The van der Waals surface area contributed by atoms with Crippen molar-refractivity contribution in [3.05, 3.63) is 59.9 Å². The molecule has 2 aromatic rings. The fourth-order valence-corrected chi connectivity index (χ4v) is 3.21. The number of hydrogen-bond donors (Lipinski definition) is 1. The Balaban J connectivity index is 1.54. The van der Waals surface area contributed by atoms with E-state index >= 15 is 0 Å². The first kappa shape index (κ1) is 21.3. The SMILES string of the molecule is COc1ccccc1N1C[C@@H](C(=O)O[C@@H](C)C(=O)NCc2ccc(F)cc2)CC1=O. The van der Waals surface area contributed by atoms with E-state index in [4.69, 9.17) is 9.47 Å². The van der Waals surface area contributed by atoms with Crippen LogP contribution in [0.2, 0.25) is 0 Å². The lowest BCUT2D eigenvalue weighted by Gasteiger charge is -2.20. The molecule has 1 heterocycles. The minimum absolute atomic E-state index is 0.000794. The Morgan fingerprint density at radius 2 is 1.90 bits per heavy atom. The van der Waals surface area contributed by atoms with Gasteiger partial charge in [-0.3, -0.25) is 14.4 Å². The molecule has 1 aliphatic rings. The van der Waals surface area contributed by atoms with Gasteiger partial charge in [0.05, 0.1) is 18.7 Å². The number of amides is 2. The predicted molar refractivity (Wildman–Crippen MR) is 107 cm³/mol. The Bertz CT molecular complexity index is 931. The van der Waals surface area contributed by atoms with Crippen molar-refractivity contribution in [3.63, 3.8) is 0 Å². The summed E-state index contributed by atoms with van der Waals surface area (Å²) in [5.74, 6) is -1.79. The van der Waals surface area contributed by atoms with Gasteiger partial charge in [-0.25, -0.2) is 4.39 Å². The molecule has 8 heteroatoms. The molecule has 0 saturated carbocycles. The summed E-state index contributed by atoms with van der Waals surface area (Å²) >= 11 is 0. The van der Waals surface area contributed by atoms with Gasteiger partial charge in [-0.05, 0) is 36.8 Å². The Labute approximate surface area is 173 Å². The maximum atomic E-state index is 12.9. The number of nitrogens with one attached hydrogen (secondary N) is 1. The number of para-hydroxylation sites is 2. The maximum absolute atomic E-state index is 12.9. The third kappa shape index (κ3) is 4.94. The number of nitrogens with zero attached hydrogens (tertiary/aromatic N) is 1. The fourth-order valence-electron chi connectivity index (χ4n) is 3.21. The first-order valence-corrected chi connectivity index (χ1v) is 9.55. The minimum atomic E-state index is -1.02. The van der Waals surface area contributed by atoms with E-state index < -0.39 is 23.9 Å². The molecule has 7 nitrogen and oxygen atoms in total. The lowest BCUT2D eigenvalue weighted by Crippen LogP contribution is -2.37. The summed E-state index contributed by atoms with van der Waals surface area (Å²) < 4.78 is 23.5. The van der Waals surface area contributed by atoms with Crippen LogP contribution in [0.4, 0.5) is 10.1 Å². The van der Waals surface area contributed by atoms with Crippen LogP contribution in [0.1, 0.15) is 18.9 Å². The highest BCUT2D eigenvalue weighted by molar-refractivity contribution is 6.00. The van der Waals surface area contributed by atoms with Gasteiger partial charge in [-0.15, -0.1) is 0 Å². The highest BCUT2D eigenvalue weighted by atomic mass is 19.1. The Morgan fingerprint density at radius 1 is 1.20 bits per heavy atom. The lowest BCUT2D eigenvalue weighted by molar-refractivity contribution is -0.158. The van der Waals surface area contributed by atoms with E-state index in [-0.39, 0.29) is 31.2 Å². The predicted octanol–water partition coefficient (Wildman–Crippen LogP) is 2.44. The second-order valence-corrected chi connectivity index (χ2v) is 7.00.